The summed E-state index contributed by atoms with van der Waals surface area (Å²) in [6, 6.07) is 0. The number of hydrogen-bond donors (Lipinski definition) is 2. The van der Waals surface area contributed by atoms with Gasteiger partial charge in [0.25, 0.3) is 0 Å². The summed E-state index contributed by atoms with van der Waals surface area (Å²) in [5.74, 6) is 5.46. The second-order valence-electron chi connectivity index (χ2n) is 5.75. The third-order valence-corrected chi connectivity index (χ3v) is 3.29. The number of hydrazine groups is 1. The lowest BCUT2D eigenvalue weighted by Gasteiger charge is -2.25. The van der Waals surface area contributed by atoms with E-state index < -0.39 is 5.60 Å². The van der Waals surface area contributed by atoms with Crippen LogP contribution >= 0.6 is 0 Å². The van der Waals surface area contributed by atoms with Crippen molar-refractivity contribution in [2.45, 2.75) is 26.4 Å². The van der Waals surface area contributed by atoms with Gasteiger partial charge >= 0.3 is 6.09 Å². The van der Waals surface area contributed by atoms with E-state index in [1.165, 1.54) is 0 Å². The highest BCUT2D eigenvalue weighted by atomic mass is 16.6. The highest BCUT2D eigenvalue weighted by molar-refractivity contribution is 5.82. The summed E-state index contributed by atoms with van der Waals surface area (Å²) >= 11 is 0. The molecule has 2 aliphatic rings. The van der Waals surface area contributed by atoms with E-state index in [4.69, 9.17) is 10.6 Å². The molecule has 1 aliphatic carbocycles. The lowest BCUT2D eigenvalue weighted by Crippen LogP contribution is -2.39. The van der Waals surface area contributed by atoms with Crippen LogP contribution in [0.25, 0.3) is 0 Å². The summed E-state index contributed by atoms with van der Waals surface area (Å²) in [7, 11) is 0. The molecule has 1 heterocycles. The van der Waals surface area contributed by atoms with Gasteiger partial charge in [-0.15, -0.1) is 0 Å². The van der Waals surface area contributed by atoms with Crippen molar-refractivity contribution in [1.29, 1.82) is 0 Å². The standard InChI is InChI=1S/C11H19N3O3/c1-11(2,3)17-10(16)14-4-6-7(5-14)8(6)9(15)13-12/h6-8H,4-5,12H2,1-3H3,(H,13,15)/t6-,7+,8?. The molecule has 1 aliphatic heterocycles. The fourth-order valence-corrected chi connectivity index (χ4v) is 2.49. The maximum absolute atomic E-state index is 11.8. The van der Waals surface area contributed by atoms with Crippen molar-refractivity contribution in [3.63, 3.8) is 0 Å². The summed E-state index contributed by atoms with van der Waals surface area (Å²) < 4.78 is 5.27. The molecule has 0 spiro atoms. The first kappa shape index (κ1) is 12.2. The summed E-state index contributed by atoms with van der Waals surface area (Å²) in [5.41, 5.74) is 1.69. The molecular formula is C11H19N3O3. The number of nitrogens with one attached hydrogen (secondary N) is 1. The number of carbonyl (C=O) groups excluding carboxylic acids is 2. The van der Waals surface area contributed by atoms with E-state index in [0.29, 0.717) is 13.1 Å². The van der Waals surface area contributed by atoms with Crippen LogP contribution in [-0.4, -0.2) is 35.6 Å². The topological polar surface area (TPSA) is 84.7 Å². The number of likely N-dealkylation sites (tertiary alicyclic amines) is 1. The van der Waals surface area contributed by atoms with Crippen molar-refractivity contribution in [3.8, 4) is 0 Å². The molecular weight excluding hydrogens is 222 g/mol. The summed E-state index contributed by atoms with van der Waals surface area (Å²) in [5, 5.41) is 0. The van der Waals surface area contributed by atoms with E-state index in [9.17, 15) is 9.59 Å². The molecule has 1 saturated carbocycles. The van der Waals surface area contributed by atoms with Gasteiger partial charge in [-0.2, -0.15) is 0 Å². The average Bonchev–Trinajstić information content (AvgIpc) is 2.69. The normalized spacial score (nSPS) is 30.8. The highest BCUT2D eigenvalue weighted by Gasteiger charge is 2.60. The molecule has 96 valence electrons. The van der Waals surface area contributed by atoms with Gasteiger partial charge in [0.1, 0.15) is 5.60 Å². The van der Waals surface area contributed by atoms with Gasteiger partial charge < -0.3 is 9.64 Å². The number of nitrogens with two attached hydrogens (primary N) is 1. The predicted molar refractivity (Wildman–Crippen MR) is 60.6 cm³/mol. The van der Waals surface area contributed by atoms with Crippen molar-refractivity contribution in [2.75, 3.05) is 13.1 Å². The predicted octanol–water partition coefficient (Wildman–Crippen LogP) is 0.0892. The Hall–Kier alpha value is -1.30. The summed E-state index contributed by atoms with van der Waals surface area (Å²) in [6.45, 7) is 6.71. The van der Waals surface area contributed by atoms with Crippen LogP contribution < -0.4 is 11.3 Å². The Bertz CT molecular complexity index is 338. The molecule has 0 aromatic heterocycles. The van der Waals surface area contributed by atoms with Crippen LogP contribution in [0, 0.1) is 17.8 Å². The number of amides is 2. The van der Waals surface area contributed by atoms with Crippen LogP contribution in [-0.2, 0) is 9.53 Å². The minimum Gasteiger partial charge on any atom is -0.444 e. The molecule has 1 unspecified atom stereocenters. The molecule has 2 rings (SSSR count). The van der Waals surface area contributed by atoms with Gasteiger partial charge in [-0.25, -0.2) is 10.6 Å². The van der Waals surface area contributed by atoms with Gasteiger partial charge in [-0.05, 0) is 32.6 Å². The second-order valence-corrected chi connectivity index (χ2v) is 5.75. The Morgan fingerprint density at radius 3 is 2.24 bits per heavy atom. The van der Waals surface area contributed by atoms with E-state index in [0.717, 1.165) is 0 Å². The summed E-state index contributed by atoms with van der Waals surface area (Å²) in [6.07, 6.45) is -0.295. The first-order valence-corrected chi connectivity index (χ1v) is 5.82. The Kier molecular flexibility index (Phi) is 2.77. The van der Waals surface area contributed by atoms with Gasteiger partial charge in [-0.3, -0.25) is 10.2 Å². The fraction of sp³-hybridized carbons (Fsp3) is 0.818. The van der Waals surface area contributed by atoms with Gasteiger partial charge in [0.2, 0.25) is 5.91 Å². The lowest BCUT2D eigenvalue weighted by molar-refractivity contribution is -0.123. The smallest absolute Gasteiger partial charge is 0.410 e. The number of ether oxygens (including phenoxy) is 1. The van der Waals surface area contributed by atoms with E-state index in [2.05, 4.69) is 5.43 Å². The monoisotopic (exact) mass is 241 g/mol. The molecule has 0 aromatic carbocycles. The Labute approximate surface area is 100 Å². The Balaban J connectivity index is 1.83. The van der Waals surface area contributed by atoms with Gasteiger partial charge in [0.05, 0.1) is 0 Å². The van der Waals surface area contributed by atoms with Crippen LogP contribution in [0.15, 0.2) is 0 Å². The largest absolute Gasteiger partial charge is 0.444 e. The zero-order valence-corrected chi connectivity index (χ0v) is 10.4. The lowest BCUT2D eigenvalue weighted by atomic mass is 10.2. The average molecular weight is 241 g/mol. The van der Waals surface area contributed by atoms with Crippen LogP contribution in [0.5, 0.6) is 0 Å². The van der Waals surface area contributed by atoms with Gasteiger partial charge in [0.15, 0.2) is 0 Å². The SMILES string of the molecule is CC(C)(C)OC(=O)N1C[C@@H]2C(C(=O)NN)[C@@H]2C1. The van der Waals surface area contributed by atoms with E-state index in [1.807, 2.05) is 20.8 Å². The van der Waals surface area contributed by atoms with Crippen molar-refractivity contribution >= 4 is 12.0 Å². The van der Waals surface area contributed by atoms with Crippen LogP contribution in [0.2, 0.25) is 0 Å². The number of rotatable bonds is 1. The minimum absolute atomic E-state index is 0.0151. The van der Waals surface area contributed by atoms with E-state index in [-0.39, 0.29) is 29.8 Å². The second kappa shape index (κ2) is 3.87. The third-order valence-electron chi connectivity index (χ3n) is 3.29. The zero-order chi connectivity index (χ0) is 12.8. The maximum atomic E-state index is 11.8. The van der Waals surface area contributed by atoms with Crippen molar-refractivity contribution in [2.24, 2.45) is 23.6 Å². The maximum Gasteiger partial charge on any atom is 0.410 e. The first-order chi connectivity index (χ1) is 7.83. The number of fused-ring (bicyclic) bond motifs is 1. The molecule has 3 atom stereocenters. The van der Waals surface area contributed by atoms with Crippen molar-refractivity contribution in [1.82, 2.24) is 10.3 Å². The van der Waals surface area contributed by atoms with Crippen LogP contribution in [0.1, 0.15) is 20.8 Å². The molecule has 1 saturated heterocycles. The number of nitrogens with zero attached hydrogens (tertiary/aromatic N) is 1. The zero-order valence-electron chi connectivity index (χ0n) is 10.4. The molecule has 0 aromatic rings. The highest BCUT2D eigenvalue weighted by Crippen LogP contribution is 2.51. The quantitative estimate of drug-likeness (QED) is 0.387. The molecule has 6 heteroatoms. The minimum atomic E-state index is -0.474. The van der Waals surface area contributed by atoms with Crippen molar-refractivity contribution in [3.05, 3.63) is 0 Å². The fourth-order valence-electron chi connectivity index (χ4n) is 2.49. The third kappa shape index (κ3) is 2.36. The Morgan fingerprint density at radius 1 is 1.29 bits per heavy atom. The summed E-state index contributed by atoms with van der Waals surface area (Å²) in [4.78, 5) is 24.7. The van der Waals surface area contributed by atoms with E-state index in [1.54, 1.807) is 4.90 Å². The molecule has 0 radical (unpaired) electrons. The molecule has 6 nitrogen and oxygen atoms in total. The van der Waals surface area contributed by atoms with Crippen LogP contribution in [0.4, 0.5) is 4.79 Å². The Morgan fingerprint density at radius 2 is 1.82 bits per heavy atom. The molecule has 3 N–H and O–H groups in total. The first-order valence-electron chi connectivity index (χ1n) is 5.82. The van der Waals surface area contributed by atoms with Gasteiger partial charge in [0, 0.05) is 19.0 Å². The molecule has 17 heavy (non-hydrogen) atoms. The van der Waals surface area contributed by atoms with E-state index >= 15 is 0 Å². The molecule has 2 fully saturated rings. The number of piperidine rings is 1. The van der Waals surface area contributed by atoms with Crippen LogP contribution in [0.3, 0.4) is 0 Å². The van der Waals surface area contributed by atoms with Crippen molar-refractivity contribution < 1.29 is 14.3 Å². The number of hydrogen-bond acceptors (Lipinski definition) is 4. The molecule has 2 amide bonds. The molecule has 0 bridgehead atoms. The number of carbonyl (C=O) groups is 2. The van der Waals surface area contributed by atoms with Gasteiger partial charge in [-0.1, -0.05) is 0 Å².